The van der Waals surface area contributed by atoms with Crippen LogP contribution in [-0.2, 0) is 13.1 Å². The first-order valence-electron chi connectivity index (χ1n) is 6.47. The highest BCUT2D eigenvalue weighted by atomic mass is 15.3. The first-order chi connectivity index (χ1) is 8.10. The maximum atomic E-state index is 4.28. The lowest BCUT2D eigenvalue weighted by molar-refractivity contribution is 0.161. The van der Waals surface area contributed by atoms with Crippen molar-refractivity contribution in [3.8, 4) is 0 Å². The molecular formula is C12H23N5. The Morgan fingerprint density at radius 3 is 2.47 bits per heavy atom. The molecule has 0 aromatic carbocycles. The second-order valence-electron chi connectivity index (χ2n) is 5.07. The van der Waals surface area contributed by atoms with Crippen molar-refractivity contribution in [1.29, 1.82) is 0 Å². The molecule has 0 amide bonds. The van der Waals surface area contributed by atoms with Gasteiger partial charge >= 0.3 is 0 Å². The molecule has 2 rings (SSSR count). The molecule has 1 aliphatic heterocycles. The molecule has 1 fully saturated rings. The van der Waals surface area contributed by atoms with Crippen LogP contribution in [0.4, 0.5) is 0 Å². The van der Waals surface area contributed by atoms with Crippen LogP contribution in [0.25, 0.3) is 0 Å². The standard InChI is InChI=1S/C12H23N5/c1-5-17-11(4)14-15-12(17)8-16-6-9(2)13-10(3)7-16/h9-10,13H,5-8H2,1-4H3. The monoisotopic (exact) mass is 237 g/mol. The fourth-order valence-electron chi connectivity index (χ4n) is 2.72. The first kappa shape index (κ1) is 12.5. The minimum Gasteiger partial charge on any atom is -0.314 e. The van der Waals surface area contributed by atoms with Gasteiger partial charge in [-0.2, -0.15) is 0 Å². The first-order valence-corrected chi connectivity index (χ1v) is 6.47. The second-order valence-corrected chi connectivity index (χ2v) is 5.07. The molecule has 1 aliphatic rings. The van der Waals surface area contributed by atoms with Gasteiger partial charge in [0.05, 0.1) is 6.54 Å². The summed E-state index contributed by atoms with van der Waals surface area (Å²) in [5, 5.41) is 12.0. The Labute approximate surface area is 103 Å². The number of rotatable bonds is 3. The summed E-state index contributed by atoms with van der Waals surface area (Å²) in [7, 11) is 0. The van der Waals surface area contributed by atoms with Crippen LogP contribution in [0, 0.1) is 6.92 Å². The van der Waals surface area contributed by atoms with Crippen molar-refractivity contribution in [2.75, 3.05) is 13.1 Å². The van der Waals surface area contributed by atoms with E-state index in [-0.39, 0.29) is 0 Å². The van der Waals surface area contributed by atoms with Gasteiger partial charge in [0.1, 0.15) is 11.6 Å². The summed E-state index contributed by atoms with van der Waals surface area (Å²) in [5.74, 6) is 2.10. The van der Waals surface area contributed by atoms with Crippen molar-refractivity contribution < 1.29 is 0 Å². The number of hydrogen-bond donors (Lipinski definition) is 1. The van der Waals surface area contributed by atoms with Gasteiger partial charge in [-0.05, 0) is 27.7 Å². The summed E-state index contributed by atoms with van der Waals surface area (Å²) in [4.78, 5) is 2.46. The van der Waals surface area contributed by atoms with Gasteiger partial charge in [-0.15, -0.1) is 10.2 Å². The van der Waals surface area contributed by atoms with Gasteiger partial charge in [-0.25, -0.2) is 0 Å². The molecule has 0 bridgehead atoms. The normalized spacial score (nSPS) is 26.4. The van der Waals surface area contributed by atoms with E-state index in [1.165, 1.54) is 0 Å². The topological polar surface area (TPSA) is 46.0 Å². The van der Waals surface area contributed by atoms with E-state index in [0.29, 0.717) is 12.1 Å². The van der Waals surface area contributed by atoms with Gasteiger partial charge < -0.3 is 9.88 Å². The number of nitrogens with zero attached hydrogens (tertiary/aromatic N) is 4. The summed E-state index contributed by atoms with van der Waals surface area (Å²) >= 11 is 0. The minimum absolute atomic E-state index is 0.554. The van der Waals surface area contributed by atoms with Gasteiger partial charge in [-0.3, -0.25) is 4.90 Å². The quantitative estimate of drug-likeness (QED) is 0.844. The largest absolute Gasteiger partial charge is 0.314 e. The highest BCUT2D eigenvalue weighted by Gasteiger charge is 2.22. The summed E-state index contributed by atoms with van der Waals surface area (Å²) in [6.45, 7) is 12.7. The molecule has 96 valence electrons. The Morgan fingerprint density at radius 2 is 1.88 bits per heavy atom. The van der Waals surface area contributed by atoms with Crippen LogP contribution in [0.5, 0.6) is 0 Å². The lowest BCUT2D eigenvalue weighted by Crippen LogP contribution is -2.53. The van der Waals surface area contributed by atoms with E-state index in [2.05, 4.69) is 45.8 Å². The van der Waals surface area contributed by atoms with Crippen LogP contribution in [0.3, 0.4) is 0 Å². The summed E-state index contributed by atoms with van der Waals surface area (Å²) in [6.07, 6.45) is 0. The predicted molar refractivity (Wildman–Crippen MR) is 67.8 cm³/mol. The van der Waals surface area contributed by atoms with E-state index in [1.54, 1.807) is 0 Å². The van der Waals surface area contributed by atoms with Crippen LogP contribution in [0.1, 0.15) is 32.4 Å². The third-order valence-corrected chi connectivity index (χ3v) is 3.33. The molecule has 2 atom stereocenters. The molecular weight excluding hydrogens is 214 g/mol. The zero-order valence-electron chi connectivity index (χ0n) is 11.3. The summed E-state index contributed by atoms with van der Waals surface area (Å²) < 4.78 is 2.19. The predicted octanol–water partition coefficient (Wildman–Crippen LogP) is 0.789. The average molecular weight is 237 g/mol. The molecule has 2 heterocycles. The average Bonchev–Trinajstić information content (AvgIpc) is 2.57. The van der Waals surface area contributed by atoms with Crippen molar-refractivity contribution in [3.63, 3.8) is 0 Å². The van der Waals surface area contributed by atoms with E-state index < -0.39 is 0 Å². The molecule has 1 saturated heterocycles. The third-order valence-electron chi connectivity index (χ3n) is 3.33. The third kappa shape index (κ3) is 2.84. The number of aromatic nitrogens is 3. The summed E-state index contributed by atoms with van der Waals surface area (Å²) in [5.41, 5.74) is 0. The molecule has 1 aromatic rings. The fourth-order valence-corrected chi connectivity index (χ4v) is 2.72. The van der Waals surface area contributed by atoms with Gasteiger partial charge in [0.2, 0.25) is 0 Å². The smallest absolute Gasteiger partial charge is 0.147 e. The minimum atomic E-state index is 0.554. The Hall–Kier alpha value is -0.940. The molecule has 17 heavy (non-hydrogen) atoms. The Balaban J connectivity index is 2.04. The lowest BCUT2D eigenvalue weighted by Gasteiger charge is -2.35. The zero-order valence-corrected chi connectivity index (χ0v) is 11.3. The highest BCUT2D eigenvalue weighted by molar-refractivity contribution is 4.95. The number of aryl methyl sites for hydroxylation is 1. The van der Waals surface area contributed by atoms with Gasteiger partial charge in [0.15, 0.2) is 0 Å². The van der Waals surface area contributed by atoms with E-state index in [9.17, 15) is 0 Å². The molecule has 0 spiro atoms. The molecule has 5 heteroatoms. The molecule has 0 saturated carbocycles. The number of piperazine rings is 1. The van der Waals surface area contributed by atoms with E-state index in [0.717, 1.165) is 37.8 Å². The molecule has 0 aliphatic carbocycles. The van der Waals surface area contributed by atoms with Crippen LogP contribution in [0.2, 0.25) is 0 Å². The molecule has 2 unspecified atom stereocenters. The van der Waals surface area contributed by atoms with Crippen LogP contribution < -0.4 is 5.32 Å². The van der Waals surface area contributed by atoms with Crippen LogP contribution in [-0.4, -0.2) is 44.8 Å². The maximum absolute atomic E-state index is 4.28. The van der Waals surface area contributed by atoms with Gasteiger partial charge in [0.25, 0.3) is 0 Å². The van der Waals surface area contributed by atoms with Crippen molar-refractivity contribution >= 4 is 0 Å². The van der Waals surface area contributed by atoms with Gasteiger partial charge in [0, 0.05) is 31.7 Å². The lowest BCUT2D eigenvalue weighted by atomic mass is 10.1. The summed E-state index contributed by atoms with van der Waals surface area (Å²) in [6, 6.07) is 1.11. The maximum Gasteiger partial charge on any atom is 0.147 e. The number of nitrogens with one attached hydrogen (secondary N) is 1. The molecule has 1 N–H and O–H groups in total. The Bertz CT molecular complexity index is 363. The van der Waals surface area contributed by atoms with Crippen LogP contribution >= 0.6 is 0 Å². The van der Waals surface area contributed by atoms with Gasteiger partial charge in [-0.1, -0.05) is 0 Å². The Kier molecular flexibility index (Phi) is 3.79. The van der Waals surface area contributed by atoms with Crippen molar-refractivity contribution in [3.05, 3.63) is 11.6 Å². The fraction of sp³-hybridized carbons (Fsp3) is 0.833. The van der Waals surface area contributed by atoms with Crippen molar-refractivity contribution in [2.45, 2.75) is 52.9 Å². The highest BCUT2D eigenvalue weighted by Crippen LogP contribution is 2.10. The van der Waals surface area contributed by atoms with Crippen LogP contribution in [0.15, 0.2) is 0 Å². The molecule has 0 radical (unpaired) electrons. The molecule has 5 nitrogen and oxygen atoms in total. The number of hydrogen-bond acceptors (Lipinski definition) is 4. The van der Waals surface area contributed by atoms with E-state index in [1.807, 2.05) is 6.92 Å². The van der Waals surface area contributed by atoms with Crippen molar-refractivity contribution in [1.82, 2.24) is 25.0 Å². The second kappa shape index (κ2) is 5.14. The molecule has 1 aromatic heterocycles. The zero-order chi connectivity index (χ0) is 12.4. The van der Waals surface area contributed by atoms with E-state index >= 15 is 0 Å². The Morgan fingerprint density at radius 1 is 1.24 bits per heavy atom. The van der Waals surface area contributed by atoms with Crippen molar-refractivity contribution in [2.24, 2.45) is 0 Å². The van der Waals surface area contributed by atoms with E-state index in [4.69, 9.17) is 0 Å². The SMILES string of the molecule is CCn1c(C)nnc1CN1CC(C)NC(C)C1.